The number of allylic oxidation sites excluding steroid dienone is 4. The average molecular weight is 387 g/mol. The molecule has 3 aliphatic rings. The highest BCUT2D eigenvalue weighted by Gasteiger charge is 2.56. The molecule has 1 N–H and O–H groups in total. The Morgan fingerprint density at radius 1 is 1.32 bits per heavy atom. The Labute approximate surface area is 170 Å². The van der Waals surface area contributed by atoms with E-state index in [9.17, 15) is 14.7 Å². The molecule has 28 heavy (non-hydrogen) atoms. The lowest BCUT2D eigenvalue weighted by molar-refractivity contribution is -0.121. The number of Topliss-reactive ketones (excluding diaryl/α,β-unsaturated/α-hetero) is 1. The van der Waals surface area contributed by atoms with Crippen molar-refractivity contribution in [3.8, 4) is 0 Å². The van der Waals surface area contributed by atoms with Gasteiger partial charge in [-0.3, -0.25) is 9.59 Å². The van der Waals surface area contributed by atoms with Gasteiger partial charge in [0.2, 0.25) is 0 Å². The maximum Gasteiger partial charge on any atom is 0.146 e. The van der Waals surface area contributed by atoms with Crippen molar-refractivity contribution in [3.63, 3.8) is 0 Å². The number of hydrogen-bond donors (Lipinski definition) is 1. The van der Waals surface area contributed by atoms with Crippen molar-refractivity contribution < 1.29 is 14.7 Å². The monoisotopic (exact) mass is 386 g/mol. The zero-order valence-corrected chi connectivity index (χ0v) is 18.3. The van der Waals surface area contributed by atoms with Gasteiger partial charge in [-0.05, 0) is 88.0 Å². The van der Waals surface area contributed by atoms with Crippen molar-refractivity contribution >= 4 is 12.1 Å². The van der Waals surface area contributed by atoms with Crippen LogP contribution in [0, 0.1) is 35.0 Å². The van der Waals surface area contributed by atoms with Crippen LogP contribution in [0.1, 0.15) is 79.6 Å². The summed E-state index contributed by atoms with van der Waals surface area (Å²) in [4.78, 5) is 24.4. The van der Waals surface area contributed by atoms with Gasteiger partial charge in [0.25, 0.3) is 0 Å². The van der Waals surface area contributed by atoms with Crippen LogP contribution in [-0.2, 0) is 9.59 Å². The van der Waals surface area contributed by atoms with Crippen LogP contribution in [-0.4, -0.2) is 22.8 Å². The molecule has 3 nitrogen and oxygen atoms in total. The van der Waals surface area contributed by atoms with Crippen LogP contribution >= 0.6 is 0 Å². The van der Waals surface area contributed by atoms with Crippen molar-refractivity contribution in [2.45, 2.75) is 85.2 Å². The molecule has 0 bridgehead atoms. The van der Waals surface area contributed by atoms with E-state index in [1.807, 2.05) is 6.08 Å². The number of ketones is 1. The Kier molecular flexibility index (Phi) is 6.06. The number of hydrogen-bond acceptors (Lipinski definition) is 3. The third kappa shape index (κ3) is 3.92. The summed E-state index contributed by atoms with van der Waals surface area (Å²) in [7, 11) is 0. The molecule has 2 fully saturated rings. The van der Waals surface area contributed by atoms with Crippen molar-refractivity contribution in [2.24, 2.45) is 35.0 Å². The lowest BCUT2D eigenvalue weighted by atomic mass is 9.62. The first-order valence-corrected chi connectivity index (χ1v) is 11.1. The minimum absolute atomic E-state index is 0.0417. The molecule has 3 aliphatic carbocycles. The lowest BCUT2D eigenvalue weighted by Crippen LogP contribution is -2.40. The van der Waals surface area contributed by atoms with Crippen molar-refractivity contribution in [1.29, 1.82) is 0 Å². The van der Waals surface area contributed by atoms with Crippen molar-refractivity contribution in [3.05, 3.63) is 23.3 Å². The second-order valence-corrected chi connectivity index (χ2v) is 10.6. The topological polar surface area (TPSA) is 54.4 Å². The van der Waals surface area contributed by atoms with Crippen LogP contribution in [0.4, 0.5) is 0 Å². The predicted octanol–water partition coefficient (Wildman–Crippen LogP) is 5.28. The van der Waals surface area contributed by atoms with Crippen LogP contribution in [0.15, 0.2) is 23.3 Å². The molecule has 3 heteroatoms. The zero-order chi connectivity index (χ0) is 20.7. The Morgan fingerprint density at radius 3 is 2.68 bits per heavy atom. The SMILES string of the molecule is CC(C)=CCC[C@H](C)[C@H]1CC[C@]2(C)C[C@H]3[C@H](C(=O)C[C@@]3(C)O)C(C=O)=CC[C@@H]12. The van der Waals surface area contributed by atoms with Gasteiger partial charge in [0, 0.05) is 12.3 Å². The van der Waals surface area contributed by atoms with E-state index in [4.69, 9.17) is 0 Å². The normalized spacial score (nSPS) is 41.4. The standard InChI is InChI=1S/C25H38O3/c1-16(2)7-6-8-17(3)19-11-12-24(4)13-21-23(22(27)14-25(21,5)28)18(15-26)9-10-20(19)24/h7,9,15,17,19-21,23,28H,6,8,10-14H2,1-5H3/t17-,19+,20-,21-,23+,24+,25+/m0/s1. The van der Waals surface area contributed by atoms with Crippen LogP contribution < -0.4 is 0 Å². The van der Waals surface area contributed by atoms with E-state index < -0.39 is 11.5 Å². The molecule has 7 atom stereocenters. The summed E-state index contributed by atoms with van der Waals surface area (Å²) in [6.07, 6.45) is 11.9. The Hall–Kier alpha value is -1.22. The maximum atomic E-state index is 12.6. The summed E-state index contributed by atoms with van der Waals surface area (Å²) in [5, 5.41) is 11.0. The summed E-state index contributed by atoms with van der Waals surface area (Å²) in [6.45, 7) is 10.9. The van der Waals surface area contributed by atoms with Gasteiger partial charge >= 0.3 is 0 Å². The molecule has 0 aromatic heterocycles. The van der Waals surface area contributed by atoms with Crippen LogP contribution in [0.5, 0.6) is 0 Å². The highest BCUT2D eigenvalue weighted by Crippen LogP contribution is 2.59. The number of fused-ring (bicyclic) bond motifs is 2. The molecular weight excluding hydrogens is 348 g/mol. The van der Waals surface area contributed by atoms with E-state index in [2.05, 4.69) is 33.8 Å². The van der Waals surface area contributed by atoms with E-state index in [0.29, 0.717) is 23.3 Å². The van der Waals surface area contributed by atoms with E-state index >= 15 is 0 Å². The van der Waals surface area contributed by atoms with Crippen LogP contribution in [0.2, 0.25) is 0 Å². The molecule has 0 aliphatic heterocycles. The third-order valence-electron chi connectivity index (χ3n) is 8.24. The first kappa shape index (κ1) is 21.5. The molecule has 0 radical (unpaired) electrons. The molecule has 0 aromatic carbocycles. The largest absolute Gasteiger partial charge is 0.389 e. The van der Waals surface area contributed by atoms with Crippen molar-refractivity contribution in [2.75, 3.05) is 0 Å². The van der Waals surface area contributed by atoms with E-state index in [1.54, 1.807) is 6.92 Å². The van der Waals surface area contributed by atoms with E-state index in [0.717, 1.165) is 32.0 Å². The van der Waals surface area contributed by atoms with Gasteiger partial charge in [-0.25, -0.2) is 0 Å². The number of rotatable bonds is 5. The Balaban J connectivity index is 1.87. The summed E-state index contributed by atoms with van der Waals surface area (Å²) >= 11 is 0. The predicted molar refractivity (Wildman–Crippen MR) is 113 cm³/mol. The van der Waals surface area contributed by atoms with Crippen LogP contribution in [0.25, 0.3) is 0 Å². The van der Waals surface area contributed by atoms with Gasteiger partial charge in [-0.1, -0.05) is 31.6 Å². The first-order chi connectivity index (χ1) is 13.1. The second kappa shape index (κ2) is 7.89. The zero-order valence-electron chi connectivity index (χ0n) is 18.3. The fraction of sp³-hybridized carbons (Fsp3) is 0.760. The van der Waals surface area contributed by atoms with Gasteiger partial charge < -0.3 is 5.11 Å². The summed E-state index contributed by atoms with van der Waals surface area (Å²) in [6, 6.07) is 0. The first-order valence-electron chi connectivity index (χ1n) is 11.1. The average Bonchev–Trinajstić information content (AvgIpc) is 3.01. The van der Waals surface area contributed by atoms with Gasteiger partial charge in [0.05, 0.1) is 11.5 Å². The molecule has 0 aromatic rings. The summed E-state index contributed by atoms with van der Waals surface area (Å²) < 4.78 is 0. The quantitative estimate of drug-likeness (QED) is 0.517. The van der Waals surface area contributed by atoms with Crippen molar-refractivity contribution in [1.82, 2.24) is 0 Å². The molecule has 0 saturated heterocycles. The molecule has 0 amide bonds. The number of carbonyl (C=O) groups is 2. The number of aliphatic hydroxyl groups is 1. The van der Waals surface area contributed by atoms with Gasteiger partial charge in [-0.15, -0.1) is 0 Å². The maximum absolute atomic E-state index is 12.6. The molecule has 0 unspecified atom stereocenters. The molecule has 3 rings (SSSR count). The fourth-order valence-corrected chi connectivity index (χ4v) is 6.59. The van der Waals surface area contributed by atoms with E-state index in [-0.39, 0.29) is 23.5 Å². The van der Waals surface area contributed by atoms with Gasteiger partial charge in [0.1, 0.15) is 12.1 Å². The minimum Gasteiger partial charge on any atom is -0.389 e. The Morgan fingerprint density at radius 2 is 2.04 bits per heavy atom. The fourth-order valence-electron chi connectivity index (χ4n) is 6.59. The second-order valence-electron chi connectivity index (χ2n) is 10.6. The third-order valence-corrected chi connectivity index (χ3v) is 8.24. The number of carbonyl (C=O) groups excluding carboxylic acids is 2. The smallest absolute Gasteiger partial charge is 0.146 e. The summed E-state index contributed by atoms with van der Waals surface area (Å²) in [5.74, 6) is 1.33. The Bertz CT molecular complexity index is 682. The highest BCUT2D eigenvalue weighted by molar-refractivity contribution is 5.94. The molecular formula is C25H38O3. The van der Waals surface area contributed by atoms with Gasteiger partial charge in [-0.2, -0.15) is 0 Å². The lowest BCUT2D eigenvalue weighted by Gasteiger charge is -2.42. The number of aldehydes is 1. The molecule has 2 saturated carbocycles. The van der Waals surface area contributed by atoms with Crippen LogP contribution in [0.3, 0.4) is 0 Å². The molecule has 0 spiro atoms. The molecule has 0 heterocycles. The molecule has 156 valence electrons. The van der Waals surface area contributed by atoms with Gasteiger partial charge in [0.15, 0.2) is 0 Å². The summed E-state index contributed by atoms with van der Waals surface area (Å²) in [5.41, 5.74) is 1.14. The minimum atomic E-state index is -0.998. The highest BCUT2D eigenvalue weighted by atomic mass is 16.3. The van der Waals surface area contributed by atoms with E-state index in [1.165, 1.54) is 18.4 Å².